The van der Waals surface area contributed by atoms with Gasteiger partial charge in [-0.2, -0.15) is 0 Å². The van der Waals surface area contributed by atoms with Crippen molar-refractivity contribution in [1.29, 1.82) is 0 Å². The molecule has 1 unspecified atom stereocenters. The highest BCUT2D eigenvalue weighted by atomic mass is 35.5. The van der Waals surface area contributed by atoms with Gasteiger partial charge < -0.3 is 5.11 Å². The molecule has 4 nitrogen and oxygen atoms in total. The molecule has 0 aliphatic rings. The molecular weight excluding hydrogens is 318 g/mol. The summed E-state index contributed by atoms with van der Waals surface area (Å²) in [6.07, 6.45) is -0.857. The maximum atomic E-state index is 12.2. The fourth-order valence-electron chi connectivity index (χ4n) is 1.73. The quantitative estimate of drug-likeness (QED) is 0.885. The Balaban J connectivity index is 2.14. The molecule has 2 rings (SSSR count). The molecule has 2 aromatic rings. The Morgan fingerprint density at radius 3 is 2.75 bits per heavy atom. The lowest BCUT2D eigenvalue weighted by molar-refractivity contribution is 0.186. The number of aliphatic hydroxyl groups is 1. The van der Waals surface area contributed by atoms with Crippen molar-refractivity contribution < 1.29 is 13.5 Å². The van der Waals surface area contributed by atoms with E-state index >= 15 is 0 Å². The fourth-order valence-corrected chi connectivity index (χ4v) is 3.97. The Morgan fingerprint density at radius 1 is 1.35 bits per heavy atom. The number of thiophene rings is 1. The number of hydrogen-bond acceptors (Lipinski definition) is 4. The average molecular weight is 332 g/mol. The summed E-state index contributed by atoms with van der Waals surface area (Å²) in [5.41, 5.74) is 0.493. The standard InChI is InChI=1S/C13H14ClNO3S2/c1-9-10(14)4-2-6-13(9)20(17,18)15-8-11(16)12-5-3-7-19-12/h2-7,11,15-16H,8H2,1H3. The minimum atomic E-state index is -3.69. The molecule has 1 aromatic carbocycles. The Hall–Kier alpha value is -0.920. The maximum absolute atomic E-state index is 12.2. The topological polar surface area (TPSA) is 66.4 Å². The molecule has 0 bridgehead atoms. The first-order chi connectivity index (χ1) is 9.42. The van der Waals surface area contributed by atoms with Crippen LogP contribution in [0.1, 0.15) is 16.5 Å². The van der Waals surface area contributed by atoms with E-state index in [4.69, 9.17) is 11.6 Å². The van der Waals surface area contributed by atoms with Gasteiger partial charge in [-0.1, -0.05) is 23.7 Å². The van der Waals surface area contributed by atoms with Crippen molar-refractivity contribution in [3.63, 3.8) is 0 Å². The number of benzene rings is 1. The largest absolute Gasteiger partial charge is 0.386 e. The van der Waals surface area contributed by atoms with E-state index in [1.54, 1.807) is 31.2 Å². The Labute approximate surface area is 127 Å². The number of sulfonamides is 1. The third-order valence-corrected chi connectivity index (χ3v) is 5.80. The van der Waals surface area contributed by atoms with Crippen LogP contribution in [0.5, 0.6) is 0 Å². The molecule has 1 aromatic heterocycles. The van der Waals surface area contributed by atoms with Crippen molar-refractivity contribution >= 4 is 33.0 Å². The van der Waals surface area contributed by atoms with E-state index in [1.807, 2.05) is 5.38 Å². The van der Waals surface area contributed by atoms with Gasteiger partial charge in [-0.25, -0.2) is 13.1 Å². The van der Waals surface area contributed by atoms with Gasteiger partial charge in [0.1, 0.15) is 6.10 Å². The molecule has 1 atom stereocenters. The van der Waals surface area contributed by atoms with Gasteiger partial charge in [0, 0.05) is 16.4 Å². The van der Waals surface area contributed by atoms with Crippen molar-refractivity contribution in [3.05, 3.63) is 51.2 Å². The van der Waals surface area contributed by atoms with Crippen LogP contribution in [0.4, 0.5) is 0 Å². The Bertz CT molecular complexity index is 684. The van der Waals surface area contributed by atoms with Gasteiger partial charge in [-0.15, -0.1) is 11.3 Å². The van der Waals surface area contributed by atoms with E-state index in [0.717, 1.165) is 4.88 Å². The Kier molecular flexibility index (Phi) is 4.82. The second-order valence-corrected chi connectivity index (χ2v) is 7.37. The number of hydrogen-bond donors (Lipinski definition) is 2. The molecule has 20 heavy (non-hydrogen) atoms. The maximum Gasteiger partial charge on any atom is 0.240 e. The molecule has 7 heteroatoms. The van der Waals surface area contributed by atoms with Crippen LogP contribution in [0.2, 0.25) is 5.02 Å². The van der Waals surface area contributed by atoms with Crippen molar-refractivity contribution in [2.45, 2.75) is 17.9 Å². The first kappa shape index (κ1) is 15.5. The normalized spacial score (nSPS) is 13.3. The minimum absolute atomic E-state index is 0.0746. The van der Waals surface area contributed by atoms with E-state index in [9.17, 15) is 13.5 Å². The van der Waals surface area contributed by atoms with Crippen molar-refractivity contribution in [1.82, 2.24) is 4.72 Å². The van der Waals surface area contributed by atoms with Gasteiger partial charge in [-0.05, 0) is 36.1 Å². The van der Waals surface area contributed by atoms with Gasteiger partial charge in [0.25, 0.3) is 0 Å². The lowest BCUT2D eigenvalue weighted by Gasteiger charge is -2.13. The van der Waals surface area contributed by atoms with Gasteiger partial charge in [0.05, 0.1) is 4.90 Å². The molecule has 108 valence electrons. The second kappa shape index (κ2) is 6.24. The van der Waals surface area contributed by atoms with Gasteiger partial charge in [0.15, 0.2) is 0 Å². The summed E-state index contributed by atoms with van der Waals surface area (Å²) in [5, 5.41) is 12.1. The summed E-state index contributed by atoms with van der Waals surface area (Å²) in [5.74, 6) is 0. The lowest BCUT2D eigenvalue weighted by atomic mass is 10.2. The van der Waals surface area contributed by atoms with E-state index in [-0.39, 0.29) is 11.4 Å². The summed E-state index contributed by atoms with van der Waals surface area (Å²) in [7, 11) is -3.69. The van der Waals surface area contributed by atoms with Crippen LogP contribution >= 0.6 is 22.9 Å². The molecule has 0 aliphatic carbocycles. The molecule has 0 aliphatic heterocycles. The molecule has 0 saturated heterocycles. The van der Waals surface area contributed by atoms with Crippen molar-refractivity contribution in [3.8, 4) is 0 Å². The summed E-state index contributed by atoms with van der Waals surface area (Å²) in [4.78, 5) is 0.846. The Morgan fingerprint density at radius 2 is 2.10 bits per heavy atom. The summed E-state index contributed by atoms with van der Waals surface area (Å²) in [6, 6.07) is 8.27. The highest BCUT2D eigenvalue weighted by Crippen LogP contribution is 2.23. The predicted molar refractivity (Wildman–Crippen MR) is 80.7 cm³/mol. The van der Waals surface area contributed by atoms with Crippen molar-refractivity contribution in [2.24, 2.45) is 0 Å². The zero-order chi connectivity index (χ0) is 14.8. The smallest absolute Gasteiger partial charge is 0.240 e. The molecular formula is C13H14ClNO3S2. The second-order valence-electron chi connectivity index (χ2n) is 4.25. The molecule has 0 amide bonds. The third-order valence-electron chi connectivity index (χ3n) is 2.85. The number of rotatable bonds is 5. The van der Waals surface area contributed by atoms with E-state index < -0.39 is 16.1 Å². The van der Waals surface area contributed by atoms with E-state index in [1.165, 1.54) is 17.4 Å². The molecule has 0 spiro atoms. The van der Waals surface area contributed by atoms with Crippen LogP contribution < -0.4 is 4.72 Å². The van der Waals surface area contributed by atoms with Crippen LogP contribution in [0.25, 0.3) is 0 Å². The molecule has 0 saturated carbocycles. The lowest BCUT2D eigenvalue weighted by Crippen LogP contribution is -2.28. The molecule has 0 fully saturated rings. The van der Waals surface area contributed by atoms with E-state index in [2.05, 4.69) is 4.72 Å². The highest BCUT2D eigenvalue weighted by Gasteiger charge is 2.19. The molecule has 1 heterocycles. The SMILES string of the molecule is Cc1c(Cl)cccc1S(=O)(=O)NCC(O)c1cccs1. The predicted octanol–water partition coefficient (Wildman–Crippen LogP) is 2.72. The number of nitrogens with one attached hydrogen (secondary N) is 1. The van der Waals surface area contributed by atoms with Gasteiger partial charge in [0.2, 0.25) is 10.0 Å². The molecule has 2 N–H and O–H groups in total. The average Bonchev–Trinajstić information content (AvgIpc) is 2.93. The summed E-state index contributed by atoms with van der Waals surface area (Å²) >= 11 is 7.30. The minimum Gasteiger partial charge on any atom is -0.386 e. The first-order valence-electron chi connectivity index (χ1n) is 5.88. The fraction of sp³-hybridized carbons (Fsp3) is 0.231. The van der Waals surface area contributed by atoms with Crippen molar-refractivity contribution in [2.75, 3.05) is 6.54 Å². The van der Waals surface area contributed by atoms with Crippen LogP contribution in [-0.2, 0) is 10.0 Å². The van der Waals surface area contributed by atoms with Crippen LogP contribution in [0.3, 0.4) is 0 Å². The van der Waals surface area contributed by atoms with Crippen LogP contribution in [0.15, 0.2) is 40.6 Å². The molecule has 0 radical (unpaired) electrons. The highest BCUT2D eigenvalue weighted by molar-refractivity contribution is 7.89. The summed E-state index contributed by atoms with van der Waals surface area (Å²) < 4.78 is 26.8. The summed E-state index contributed by atoms with van der Waals surface area (Å²) in [6.45, 7) is 1.57. The number of aliphatic hydroxyl groups excluding tert-OH is 1. The first-order valence-corrected chi connectivity index (χ1v) is 8.62. The van der Waals surface area contributed by atoms with E-state index in [0.29, 0.717) is 10.6 Å². The zero-order valence-corrected chi connectivity index (χ0v) is 13.1. The van der Waals surface area contributed by atoms with Gasteiger partial charge in [-0.3, -0.25) is 0 Å². The monoisotopic (exact) mass is 331 g/mol. The zero-order valence-electron chi connectivity index (χ0n) is 10.7. The van der Waals surface area contributed by atoms with Crippen LogP contribution in [-0.4, -0.2) is 20.1 Å². The number of halogens is 1. The van der Waals surface area contributed by atoms with Gasteiger partial charge >= 0.3 is 0 Å². The third kappa shape index (κ3) is 3.39. The van der Waals surface area contributed by atoms with Crippen LogP contribution in [0, 0.1) is 6.92 Å².